The molecular formula is C32H36N4O4S. The van der Waals surface area contributed by atoms with E-state index in [4.69, 9.17) is 26.4 Å². The van der Waals surface area contributed by atoms with Crippen molar-refractivity contribution in [3.05, 3.63) is 83.4 Å². The highest BCUT2D eigenvalue weighted by molar-refractivity contribution is 7.80. The molecule has 0 saturated carbocycles. The number of carbonyl (C=O) groups excluding carboxylic acids is 1. The maximum atomic E-state index is 13.0. The van der Waals surface area contributed by atoms with Crippen LogP contribution in [0.1, 0.15) is 41.5 Å². The maximum absolute atomic E-state index is 13.0. The number of methoxy groups -OCH3 is 2. The molecule has 9 heteroatoms. The van der Waals surface area contributed by atoms with Crippen molar-refractivity contribution in [1.29, 1.82) is 0 Å². The summed E-state index contributed by atoms with van der Waals surface area (Å²) in [5.74, 6) is 1.92. The lowest BCUT2D eigenvalue weighted by Gasteiger charge is -2.37. The molecule has 0 spiro atoms. The van der Waals surface area contributed by atoms with Crippen molar-refractivity contribution in [2.45, 2.75) is 31.4 Å². The molecule has 214 valence electrons. The van der Waals surface area contributed by atoms with Crippen molar-refractivity contribution in [3.8, 4) is 11.5 Å². The molecule has 41 heavy (non-hydrogen) atoms. The number of nitrogens with one attached hydrogen (secondary N) is 1. The molecule has 3 aromatic rings. The number of thiocarbonyl (C=S) groups is 1. The highest BCUT2D eigenvalue weighted by atomic mass is 32.1. The van der Waals surface area contributed by atoms with E-state index in [0.717, 1.165) is 62.6 Å². The Morgan fingerprint density at radius 3 is 2.49 bits per heavy atom. The summed E-state index contributed by atoms with van der Waals surface area (Å²) in [6.07, 6.45) is 1.72. The van der Waals surface area contributed by atoms with Crippen LogP contribution in [0.4, 0.5) is 16.2 Å². The van der Waals surface area contributed by atoms with Crippen LogP contribution in [0.2, 0.25) is 0 Å². The minimum Gasteiger partial charge on any atom is -0.497 e. The van der Waals surface area contributed by atoms with Gasteiger partial charge in [-0.05, 0) is 71.9 Å². The van der Waals surface area contributed by atoms with Crippen LogP contribution >= 0.6 is 12.2 Å². The second-order valence-electron chi connectivity index (χ2n) is 10.8. The second kappa shape index (κ2) is 11.9. The van der Waals surface area contributed by atoms with Gasteiger partial charge in [-0.2, -0.15) is 0 Å². The van der Waals surface area contributed by atoms with Gasteiger partial charge in [-0.25, -0.2) is 4.79 Å². The first-order chi connectivity index (χ1) is 20.0. The lowest BCUT2D eigenvalue weighted by Crippen LogP contribution is -2.50. The number of rotatable bonds is 6. The molecule has 1 unspecified atom stereocenters. The Morgan fingerprint density at radius 2 is 1.73 bits per heavy atom. The van der Waals surface area contributed by atoms with Crippen LogP contribution in [0.5, 0.6) is 11.5 Å². The van der Waals surface area contributed by atoms with Gasteiger partial charge in [-0.3, -0.25) is 0 Å². The Bertz CT molecular complexity index is 1410. The van der Waals surface area contributed by atoms with Crippen LogP contribution in [0.3, 0.4) is 0 Å². The summed E-state index contributed by atoms with van der Waals surface area (Å²) in [5.41, 5.74) is 5.72. The highest BCUT2D eigenvalue weighted by Gasteiger charge is 2.41. The van der Waals surface area contributed by atoms with E-state index in [2.05, 4.69) is 33.3 Å². The molecular weight excluding hydrogens is 536 g/mol. The third-order valence-electron chi connectivity index (χ3n) is 8.49. The summed E-state index contributed by atoms with van der Waals surface area (Å²) in [4.78, 5) is 19.6. The zero-order valence-electron chi connectivity index (χ0n) is 23.5. The Hall–Kier alpha value is -3.98. The zero-order valence-corrected chi connectivity index (χ0v) is 24.4. The van der Waals surface area contributed by atoms with Crippen LogP contribution in [0.15, 0.2) is 66.7 Å². The van der Waals surface area contributed by atoms with E-state index in [1.165, 1.54) is 16.8 Å². The number of hydrogen-bond acceptors (Lipinski definition) is 6. The van der Waals surface area contributed by atoms with Crippen molar-refractivity contribution in [3.63, 3.8) is 0 Å². The Kier molecular flexibility index (Phi) is 7.87. The molecule has 8 nitrogen and oxygen atoms in total. The van der Waals surface area contributed by atoms with Gasteiger partial charge in [0.15, 0.2) is 5.11 Å². The average Bonchev–Trinajstić information content (AvgIpc) is 3.31. The minimum absolute atomic E-state index is 0.0938. The fraction of sp³-hybridized carbons (Fsp3) is 0.375. The van der Waals surface area contributed by atoms with Crippen molar-refractivity contribution in [1.82, 2.24) is 9.80 Å². The van der Waals surface area contributed by atoms with E-state index in [-0.39, 0.29) is 12.1 Å². The van der Waals surface area contributed by atoms with Crippen LogP contribution in [0.25, 0.3) is 0 Å². The first kappa shape index (κ1) is 27.2. The van der Waals surface area contributed by atoms with Gasteiger partial charge in [-0.15, -0.1) is 0 Å². The van der Waals surface area contributed by atoms with Crippen molar-refractivity contribution in [2.75, 3.05) is 57.2 Å². The smallest absolute Gasteiger partial charge is 0.410 e. The molecule has 3 aliphatic rings. The third kappa shape index (κ3) is 5.63. The summed E-state index contributed by atoms with van der Waals surface area (Å²) in [5, 5.41) is 4.03. The lowest BCUT2D eigenvalue weighted by molar-refractivity contribution is 0.0694. The topological polar surface area (TPSA) is 66.5 Å². The molecule has 2 aliphatic heterocycles. The van der Waals surface area contributed by atoms with E-state index < -0.39 is 0 Å². The van der Waals surface area contributed by atoms with E-state index in [9.17, 15) is 4.79 Å². The van der Waals surface area contributed by atoms with Gasteiger partial charge in [0.25, 0.3) is 0 Å². The van der Waals surface area contributed by atoms with Gasteiger partial charge in [0.2, 0.25) is 0 Å². The molecule has 3 aromatic carbocycles. The second-order valence-corrected chi connectivity index (χ2v) is 11.1. The molecule has 6 rings (SSSR count). The minimum atomic E-state index is -0.220. The molecule has 2 saturated heterocycles. The Morgan fingerprint density at radius 1 is 0.927 bits per heavy atom. The first-order valence-corrected chi connectivity index (χ1v) is 14.6. The van der Waals surface area contributed by atoms with Gasteiger partial charge < -0.3 is 34.2 Å². The summed E-state index contributed by atoms with van der Waals surface area (Å²) >= 11 is 5.74. The van der Waals surface area contributed by atoms with E-state index in [0.29, 0.717) is 23.4 Å². The summed E-state index contributed by atoms with van der Waals surface area (Å²) in [6, 6.07) is 22.4. The van der Waals surface area contributed by atoms with Crippen LogP contribution in [-0.4, -0.2) is 67.9 Å². The molecule has 1 amide bonds. The normalized spacial score (nSPS) is 19.4. The van der Waals surface area contributed by atoms with Crippen LogP contribution < -0.4 is 19.7 Å². The standard InChI is InChI=1S/C32H36N4O4S/c1-38-25-9-11-28(30(20-25)39-2)33-31(41)35-16-14-34(15-17-35)24-8-10-26-27(19-24)23-12-13-36(29(26)18-23)32(37)40-21-22-6-4-3-5-7-22/h3-11,19-20,23,29H,12-18,21H2,1-2H3,(H,33,41)/t23?,29-/m1/s1. The van der Waals surface area contributed by atoms with Gasteiger partial charge >= 0.3 is 6.09 Å². The Labute approximate surface area is 246 Å². The summed E-state index contributed by atoms with van der Waals surface area (Å²) < 4.78 is 16.5. The van der Waals surface area contributed by atoms with Crippen LogP contribution in [-0.2, 0) is 11.3 Å². The molecule has 0 aromatic heterocycles. The highest BCUT2D eigenvalue weighted by Crippen LogP contribution is 2.50. The van der Waals surface area contributed by atoms with E-state index in [1.54, 1.807) is 14.2 Å². The average molecular weight is 573 g/mol. The molecule has 2 bridgehead atoms. The van der Waals surface area contributed by atoms with Gasteiger partial charge in [0.1, 0.15) is 18.1 Å². The van der Waals surface area contributed by atoms with Crippen molar-refractivity contribution >= 4 is 34.8 Å². The largest absolute Gasteiger partial charge is 0.497 e. The predicted octanol–water partition coefficient (Wildman–Crippen LogP) is 5.79. The number of piperidine rings is 1. The molecule has 1 N–H and O–H groups in total. The number of benzene rings is 3. The van der Waals surface area contributed by atoms with E-state index >= 15 is 0 Å². The van der Waals surface area contributed by atoms with Gasteiger partial charge in [0, 0.05) is 44.5 Å². The monoisotopic (exact) mass is 572 g/mol. The fourth-order valence-electron chi connectivity index (χ4n) is 6.24. The lowest BCUT2D eigenvalue weighted by atomic mass is 9.95. The van der Waals surface area contributed by atoms with Gasteiger partial charge in [0.05, 0.1) is 25.9 Å². The predicted molar refractivity (Wildman–Crippen MR) is 164 cm³/mol. The number of carbonyl (C=O) groups is 1. The number of piperazine rings is 1. The molecule has 0 radical (unpaired) electrons. The quantitative estimate of drug-likeness (QED) is 0.372. The number of fused-ring (bicyclic) bond motifs is 5. The summed E-state index contributed by atoms with van der Waals surface area (Å²) in [6.45, 7) is 4.45. The fourth-order valence-corrected chi connectivity index (χ4v) is 6.54. The maximum Gasteiger partial charge on any atom is 0.410 e. The number of likely N-dealkylation sites (tertiary alicyclic amines) is 1. The van der Waals surface area contributed by atoms with Gasteiger partial charge in [-0.1, -0.05) is 36.4 Å². The number of hydrogen-bond donors (Lipinski definition) is 1. The molecule has 2 fully saturated rings. The number of amides is 1. The van der Waals surface area contributed by atoms with Crippen molar-refractivity contribution < 1.29 is 19.0 Å². The molecule has 1 aliphatic carbocycles. The number of anilines is 2. The Balaban J connectivity index is 1.06. The first-order valence-electron chi connectivity index (χ1n) is 14.2. The zero-order chi connectivity index (χ0) is 28.3. The molecule has 2 atom stereocenters. The van der Waals surface area contributed by atoms with Crippen LogP contribution in [0, 0.1) is 0 Å². The third-order valence-corrected chi connectivity index (χ3v) is 8.85. The summed E-state index contributed by atoms with van der Waals surface area (Å²) in [7, 11) is 3.28. The van der Waals surface area contributed by atoms with E-state index in [1.807, 2.05) is 53.4 Å². The number of ether oxygens (including phenoxy) is 3. The molecule has 2 heterocycles. The number of nitrogens with zero attached hydrogens (tertiary/aromatic N) is 3. The SMILES string of the molecule is COc1ccc(NC(=S)N2CCN(c3ccc4c(c3)C3CCN(C(=O)OCc5ccccc5)[C@@H]4C3)CC2)c(OC)c1. The van der Waals surface area contributed by atoms with Crippen molar-refractivity contribution in [2.24, 2.45) is 0 Å².